The van der Waals surface area contributed by atoms with Gasteiger partial charge in [0.1, 0.15) is 0 Å². The second-order valence-corrected chi connectivity index (χ2v) is 5.09. The van der Waals surface area contributed by atoms with Gasteiger partial charge in [-0.05, 0) is 19.4 Å². The number of likely N-dealkylation sites (tertiary alicyclic amines) is 1. The molecule has 0 spiro atoms. The molecule has 0 saturated carbocycles. The third-order valence-corrected chi connectivity index (χ3v) is 3.52. The molecule has 6 nitrogen and oxygen atoms in total. The number of carbonyl (C=O) groups is 2. The molecule has 1 aliphatic heterocycles. The van der Waals surface area contributed by atoms with Crippen molar-refractivity contribution in [2.24, 2.45) is 0 Å². The van der Waals surface area contributed by atoms with Crippen LogP contribution in [0.1, 0.15) is 22.5 Å². The van der Waals surface area contributed by atoms with Gasteiger partial charge in [-0.1, -0.05) is 11.6 Å². The number of rotatable bonds is 2. The highest BCUT2D eigenvalue weighted by Crippen LogP contribution is 2.20. The number of alkyl carbamates (subject to hydrolysis) is 1. The monoisotopic (exact) mass is 297 g/mol. The SMILES string of the molecule is COC(=O)NC1CCN(C(=O)c2cnc(C)cc2Cl)C1. The fourth-order valence-electron chi connectivity index (χ4n) is 2.14. The van der Waals surface area contributed by atoms with E-state index in [1.807, 2.05) is 6.92 Å². The number of amides is 2. The van der Waals surface area contributed by atoms with Gasteiger partial charge in [0.05, 0.1) is 23.7 Å². The minimum Gasteiger partial charge on any atom is -0.453 e. The summed E-state index contributed by atoms with van der Waals surface area (Å²) in [6.07, 6.45) is 1.69. The maximum absolute atomic E-state index is 12.3. The van der Waals surface area contributed by atoms with E-state index in [-0.39, 0.29) is 11.9 Å². The summed E-state index contributed by atoms with van der Waals surface area (Å²) in [4.78, 5) is 29.2. The van der Waals surface area contributed by atoms with Crippen molar-refractivity contribution in [3.05, 3.63) is 28.5 Å². The summed E-state index contributed by atoms with van der Waals surface area (Å²) in [5, 5.41) is 3.08. The Balaban J connectivity index is 2.02. The van der Waals surface area contributed by atoms with Crippen molar-refractivity contribution in [1.29, 1.82) is 0 Å². The summed E-state index contributed by atoms with van der Waals surface area (Å²) in [6, 6.07) is 1.57. The Morgan fingerprint density at radius 1 is 1.55 bits per heavy atom. The first-order valence-corrected chi connectivity index (χ1v) is 6.65. The zero-order valence-corrected chi connectivity index (χ0v) is 12.1. The number of halogens is 1. The van der Waals surface area contributed by atoms with Crippen molar-refractivity contribution in [2.75, 3.05) is 20.2 Å². The number of aromatic nitrogens is 1. The van der Waals surface area contributed by atoms with Crippen LogP contribution in [-0.4, -0.2) is 48.1 Å². The number of nitrogens with one attached hydrogen (secondary N) is 1. The average molecular weight is 298 g/mol. The summed E-state index contributed by atoms with van der Waals surface area (Å²) in [7, 11) is 1.31. The van der Waals surface area contributed by atoms with Crippen LogP contribution in [0, 0.1) is 6.92 Å². The molecule has 2 heterocycles. The van der Waals surface area contributed by atoms with Gasteiger partial charge in [0, 0.05) is 25.0 Å². The number of carbonyl (C=O) groups excluding carboxylic acids is 2. The van der Waals surface area contributed by atoms with Crippen LogP contribution in [0.15, 0.2) is 12.3 Å². The molecule has 1 saturated heterocycles. The van der Waals surface area contributed by atoms with Crippen molar-refractivity contribution in [3.8, 4) is 0 Å². The molecule has 2 amide bonds. The molecule has 1 fully saturated rings. The van der Waals surface area contributed by atoms with Crippen LogP contribution < -0.4 is 5.32 Å². The van der Waals surface area contributed by atoms with Gasteiger partial charge in [-0.2, -0.15) is 0 Å². The fraction of sp³-hybridized carbons (Fsp3) is 0.462. The van der Waals surface area contributed by atoms with Crippen molar-refractivity contribution >= 4 is 23.6 Å². The first kappa shape index (κ1) is 14.6. The highest BCUT2D eigenvalue weighted by molar-refractivity contribution is 6.33. The molecule has 1 atom stereocenters. The molecule has 0 aromatic carbocycles. The predicted molar refractivity (Wildman–Crippen MR) is 73.8 cm³/mol. The van der Waals surface area contributed by atoms with Crippen molar-refractivity contribution in [1.82, 2.24) is 15.2 Å². The molecule has 7 heteroatoms. The van der Waals surface area contributed by atoms with Crippen molar-refractivity contribution < 1.29 is 14.3 Å². The molecule has 2 rings (SSSR count). The number of hydrogen-bond acceptors (Lipinski definition) is 4. The molecule has 0 bridgehead atoms. The largest absolute Gasteiger partial charge is 0.453 e. The third-order valence-electron chi connectivity index (χ3n) is 3.20. The zero-order chi connectivity index (χ0) is 14.7. The van der Waals surface area contributed by atoms with Crippen LogP contribution in [0.25, 0.3) is 0 Å². The van der Waals surface area contributed by atoms with Gasteiger partial charge in [0.2, 0.25) is 0 Å². The van der Waals surface area contributed by atoms with Gasteiger partial charge >= 0.3 is 6.09 Å². The van der Waals surface area contributed by atoms with Crippen LogP contribution in [0.2, 0.25) is 5.02 Å². The second kappa shape index (κ2) is 6.09. The summed E-state index contributed by atoms with van der Waals surface area (Å²) in [5.74, 6) is -0.170. The summed E-state index contributed by atoms with van der Waals surface area (Å²) in [6.45, 7) is 2.82. The van der Waals surface area contributed by atoms with Crippen LogP contribution in [0.4, 0.5) is 4.79 Å². The molecule has 0 radical (unpaired) electrons. The maximum atomic E-state index is 12.3. The quantitative estimate of drug-likeness (QED) is 0.900. The first-order chi connectivity index (χ1) is 9.51. The molecule has 1 unspecified atom stereocenters. The number of methoxy groups -OCH3 is 1. The molecule has 0 aliphatic carbocycles. The van der Waals surface area contributed by atoms with E-state index in [0.29, 0.717) is 30.1 Å². The number of hydrogen-bond donors (Lipinski definition) is 1. The molecular formula is C13H16ClN3O3. The van der Waals surface area contributed by atoms with Gasteiger partial charge in [-0.15, -0.1) is 0 Å². The lowest BCUT2D eigenvalue weighted by atomic mass is 10.2. The van der Waals surface area contributed by atoms with Gasteiger partial charge in [-0.25, -0.2) is 4.79 Å². The zero-order valence-electron chi connectivity index (χ0n) is 11.4. The van der Waals surface area contributed by atoms with Gasteiger partial charge < -0.3 is 15.0 Å². The molecule has 1 aromatic rings. The topological polar surface area (TPSA) is 71.5 Å². The molecule has 1 aliphatic rings. The number of aryl methyl sites for hydroxylation is 1. The van der Waals surface area contributed by atoms with E-state index in [4.69, 9.17) is 11.6 Å². The predicted octanol–water partition coefficient (Wildman–Crippen LogP) is 1.61. The number of ether oxygens (including phenoxy) is 1. The summed E-state index contributed by atoms with van der Waals surface area (Å²) >= 11 is 6.07. The smallest absolute Gasteiger partial charge is 0.407 e. The van der Waals surface area contributed by atoms with Crippen LogP contribution in [0.3, 0.4) is 0 Å². The number of nitrogens with zero attached hydrogens (tertiary/aromatic N) is 2. The van der Waals surface area contributed by atoms with Gasteiger partial charge in [-0.3, -0.25) is 9.78 Å². The van der Waals surface area contributed by atoms with E-state index in [2.05, 4.69) is 15.0 Å². The Morgan fingerprint density at radius 3 is 2.95 bits per heavy atom. The standard InChI is InChI=1S/C13H16ClN3O3/c1-8-5-11(14)10(6-15-8)12(18)17-4-3-9(7-17)16-13(19)20-2/h5-6,9H,3-4,7H2,1-2H3,(H,16,19). The van der Waals surface area contributed by atoms with E-state index < -0.39 is 6.09 Å². The highest BCUT2D eigenvalue weighted by Gasteiger charge is 2.29. The molecule has 1 N–H and O–H groups in total. The van der Waals surface area contributed by atoms with Gasteiger partial charge in [0.25, 0.3) is 5.91 Å². The van der Waals surface area contributed by atoms with E-state index in [9.17, 15) is 9.59 Å². The lowest BCUT2D eigenvalue weighted by Gasteiger charge is -2.17. The fourth-order valence-corrected chi connectivity index (χ4v) is 2.43. The lowest BCUT2D eigenvalue weighted by molar-refractivity contribution is 0.0788. The summed E-state index contributed by atoms with van der Waals surface area (Å²) < 4.78 is 4.54. The average Bonchev–Trinajstić information content (AvgIpc) is 2.86. The van der Waals surface area contributed by atoms with Crippen molar-refractivity contribution in [3.63, 3.8) is 0 Å². The number of pyridine rings is 1. The summed E-state index contributed by atoms with van der Waals surface area (Å²) in [5.41, 5.74) is 1.15. The Bertz CT molecular complexity index is 536. The van der Waals surface area contributed by atoms with Crippen LogP contribution in [-0.2, 0) is 4.74 Å². The van der Waals surface area contributed by atoms with Crippen molar-refractivity contribution in [2.45, 2.75) is 19.4 Å². The first-order valence-electron chi connectivity index (χ1n) is 6.27. The molecule has 108 valence electrons. The lowest BCUT2D eigenvalue weighted by Crippen LogP contribution is -2.38. The molecule has 20 heavy (non-hydrogen) atoms. The third kappa shape index (κ3) is 3.19. The minimum absolute atomic E-state index is 0.0939. The normalized spacial score (nSPS) is 17.9. The van der Waals surface area contributed by atoms with E-state index in [0.717, 1.165) is 5.69 Å². The minimum atomic E-state index is -0.487. The maximum Gasteiger partial charge on any atom is 0.407 e. The Labute approximate surface area is 122 Å². The Morgan fingerprint density at radius 2 is 2.30 bits per heavy atom. The van der Waals surface area contributed by atoms with E-state index >= 15 is 0 Å². The van der Waals surface area contributed by atoms with Gasteiger partial charge in [0.15, 0.2) is 0 Å². The van der Waals surface area contributed by atoms with E-state index in [1.54, 1.807) is 11.0 Å². The Hall–Kier alpha value is -1.82. The molecule has 1 aromatic heterocycles. The second-order valence-electron chi connectivity index (χ2n) is 4.68. The van der Waals surface area contributed by atoms with Crippen LogP contribution in [0.5, 0.6) is 0 Å². The Kier molecular flexibility index (Phi) is 4.44. The van der Waals surface area contributed by atoms with E-state index in [1.165, 1.54) is 13.3 Å². The molecular weight excluding hydrogens is 282 g/mol. The highest BCUT2D eigenvalue weighted by atomic mass is 35.5. The van der Waals surface area contributed by atoms with Crippen LogP contribution >= 0.6 is 11.6 Å².